The van der Waals surface area contributed by atoms with Crippen molar-refractivity contribution < 1.29 is 24.2 Å². The molecule has 2 saturated carbocycles. The number of aromatic nitrogens is 4. The molecular weight excluding hydrogens is 414 g/mol. The zero-order valence-corrected chi connectivity index (χ0v) is 18.4. The number of pyridine rings is 1. The number of carboxylic acids is 1. The van der Waals surface area contributed by atoms with Crippen LogP contribution in [0, 0.1) is 24.7 Å². The van der Waals surface area contributed by atoms with Gasteiger partial charge in [-0.3, -0.25) is 4.79 Å². The van der Waals surface area contributed by atoms with Crippen LogP contribution >= 0.6 is 0 Å². The van der Waals surface area contributed by atoms with E-state index < -0.39 is 12.1 Å². The fourth-order valence-corrected chi connectivity index (χ4v) is 3.83. The summed E-state index contributed by atoms with van der Waals surface area (Å²) in [6.07, 6.45) is 4.49. The average molecular weight is 444 g/mol. The number of nitrogens with zero attached hydrogens (tertiary/aromatic N) is 4. The second-order valence-electron chi connectivity index (χ2n) is 8.60. The van der Waals surface area contributed by atoms with Gasteiger partial charge in [0.1, 0.15) is 11.4 Å². The minimum atomic E-state index is -0.759. The van der Waals surface area contributed by atoms with E-state index in [1.54, 1.807) is 17.8 Å². The van der Waals surface area contributed by atoms with E-state index in [4.69, 9.17) is 9.47 Å². The highest BCUT2D eigenvalue weighted by molar-refractivity contribution is 5.71. The van der Waals surface area contributed by atoms with Gasteiger partial charge in [0, 0.05) is 13.0 Å². The second-order valence-corrected chi connectivity index (χ2v) is 8.60. The van der Waals surface area contributed by atoms with Gasteiger partial charge in [0.15, 0.2) is 0 Å². The largest absolute Gasteiger partial charge is 0.491 e. The van der Waals surface area contributed by atoms with Crippen LogP contribution in [0.5, 0.6) is 5.75 Å². The first-order chi connectivity index (χ1) is 15.4. The van der Waals surface area contributed by atoms with Gasteiger partial charge in [-0.05, 0) is 44.2 Å². The Kier molecular flexibility index (Phi) is 6.57. The molecule has 2 atom stereocenters. The lowest BCUT2D eigenvalue weighted by molar-refractivity contribution is -0.148. The highest BCUT2D eigenvalue weighted by Crippen LogP contribution is 2.35. The summed E-state index contributed by atoms with van der Waals surface area (Å²) in [5.74, 6) is 0.286. The first kappa shape index (κ1) is 22.0. The van der Waals surface area contributed by atoms with E-state index in [0.29, 0.717) is 54.1 Å². The van der Waals surface area contributed by atoms with Crippen molar-refractivity contribution in [2.45, 2.75) is 45.6 Å². The molecule has 10 nitrogen and oxygen atoms in total. The fourth-order valence-electron chi connectivity index (χ4n) is 3.83. The lowest BCUT2D eigenvalue weighted by atomic mass is 9.74. The van der Waals surface area contributed by atoms with Gasteiger partial charge in [-0.2, -0.15) is 0 Å². The predicted molar refractivity (Wildman–Crippen MR) is 114 cm³/mol. The summed E-state index contributed by atoms with van der Waals surface area (Å²) in [5.41, 5.74) is 2.58. The minimum absolute atomic E-state index is 0.0354. The van der Waals surface area contributed by atoms with Crippen LogP contribution in [-0.2, 0) is 23.1 Å². The minimum Gasteiger partial charge on any atom is -0.491 e. The molecule has 1 amide bonds. The van der Waals surface area contributed by atoms with Crippen molar-refractivity contribution in [3.63, 3.8) is 0 Å². The van der Waals surface area contributed by atoms with E-state index in [2.05, 4.69) is 20.6 Å². The smallest absolute Gasteiger partial charge is 0.407 e. The summed E-state index contributed by atoms with van der Waals surface area (Å²) in [4.78, 5) is 27.7. The summed E-state index contributed by atoms with van der Waals surface area (Å²) in [6.45, 7) is 2.85. The van der Waals surface area contributed by atoms with Crippen LogP contribution in [0.1, 0.15) is 43.5 Å². The highest BCUT2D eigenvalue weighted by Gasteiger charge is 2.37. The predicted octanol–water partition coefficient (Wildman–Crippen LogP) is 2.70. The molecule has 2 fully saturated rings. The number of aliphatic carboxylic acids is 1. The SMILES string of the molecule is Cc1nc(-c2nnn(C)c2CNC(=O)OCCC2CC2)ccc1OC[C@@H]1CC[C@H]1C(=O)O. The van der Waals surface area contributed by atoms with Gasteiger partial charge < -0.3 is 19.9 Å². The number of nitrogens with one attached hydrogen (secondary N) is 1. The van der Waals surface area contributed by atoms with Crippen molar-refractivity contribution in [2.75, 3.05) is 13.2 Å². The Morgan fingerprint density at radius 2 is 2.06 bits per heavy atom. The van der Waals surface area contributed by atoms with Crippen LogP contribution in [0.4, 0.5) is 4.79 Å². The molecule has 0 spiro atoms. The summed E-state index contributed by atoms with van der Waals surface area (Å²) >= 11 is 0. The molecule has 0 bridgehead atoms. The van der Waals surface area contributed by atoms with Gasteiger partial charge in [0.05, 0.1) is 42.8 Å². The standard InChI is InChI=1S/C22H29N5O5/c1-13-19(32-12-15-5-6-16(15)21(28)29)8-7-17(24-13)20-18(27(2)26-25-20)11-23-22(30)31-10-9-14-3-4-14/h7-8,14-16H,3-6,9-12H2,1-2H3,(H,23,30)(H,28,29)/t15-,16+/m0/s1. The van der Waals surface area contributed by atoms with Crippen LogP contribution in [-0.4, -0.2) is 50.4 Å². The topological polar surface area (TPSA) is 128 Å². The lowest BCUT2D eigenvalue weighted by Gasteiger charge is -2.33. The Labute approximate surface area is 186 Å². The van der Waals surface area contributed by atoms with Gasteiger partial charge in [-0.25, -0.2) is 14.5 Å². The Morgan fingerprint density at radius 3 is 2.72 bits per heavy atom. The number of hydrogen-bond donors (Lipinski definition) is 2. The molecule has 32 heavy (non-hydrogen) atoms. The molecular formula is C22H29N5O5. The lowest BCUT2D eigenvalue weighted by Crippen LogP contribution is -2.36. The normalized spacial score (nSPS) is 19.8. The summed E-state index contributed by atoms with van der Waals surface area (Å²) in [5, 5.41) is 20.2. The van der Waals surface area contributed by atoms with E-state index in [0.717, 1.165) is 12.8 Å². The third kappa shape index (κ3) is 5.17. The molecule has 0 unspecified atom stereocenters. The number of aryl methyl sites for hydroxylation is 2. The second kappa shape index (κ2) is 9.54. The monoisotopic (exact) mass is 443 g/mol. The molecule has 2 aliphatic carbocycles. The molecule has 4 rings (SSSR count). The van der Waals surface area contributed by atoms with Crippen molar-refractivity contribution in [3.05, 3.63) is 23.5 Å². The third-order valence-corrected chi connectivity index (χ3v) is 6.27. The van der Waals surface area contributed by atoms with Crippen LogP contribution < -0.4 is 10.1 Å². The molecule has 2 N–H and O–H groups in total. The van der Waals surface area contributed by atoms with E-state index in [-0.39, 0.29) is 18.4 Å². The Hall–Kier alpha value is -3.17. The number of carboxylic acid groups (broad SMARTS) is 1. The molecule has 2 aromatic heterocycles. The van der Waals surface area contributed by atoms with Gasteiger partial charge in [-0.15, -0.1) is 5.10 Å². The molecule has 0 aliphatic heterocycles. The molecule has 10 heteroatoms. The molecule has 2 aromatic rings. The average Bonchev–Trinajstić information content (AvgIpc) is 3.47. The first-order valence-corrected chi connectivity index (χ1v) is 11.0. The maximum absolute atomic E-state index is 12.0. The van der Waals surface area contributed by atoms with Crippen LogP contribution in [0.25, 0.3) is 11.4 Å². The fraction of sp³-hybridized carbons (Fsp3) is 0.591. The zero-order chi connectivity index (χ0) is 22.7. The van der Waals surface area contributed by atoms with Crippen molar-refractivity contribution >= 4 is 12.1 Å². The Morgan fingerprint density at radius 1 is 1.25 bits per heavy atom. The number of carbonyl (C=O) groups is 2. The third-order valence-electron chi connectivity index (χ3n) is 6.27. The van der Waals surface area contributed by atoms with Gasteiger partial charge in [0.25, 0.3) is 0 Å². The zero-order valence-electron chi connectivity index (χ0n) is 18.4. The Balaban J connectivity index is 1.35. The van der Waals surface area contributed by atoms with Gasteiger partial charge >= 0.3 is 12.1 Å². The van der Waals surface area contributed by atoms with Crippen LogP contribution in [0.2, 0.25) is 0 Å². The molecule has 2 aliphatic rings. The number of rotatable bonds is 10. The summed E-state index contributed by atoms with van der Waals surface area (Å²) < 4.78 is 12.7. The molecule has 172 valence electrons. The summed E-state index contributed by atoms with van der Waals surface area (Å²) in [6, 6.07) is 3.60. The number of hydrogen-bond acceptors (Lipinski definition) is 7. The molecule has 2 heterocycles. The van der Waals surface area contributed by atoms with Gasteiger partial charge in [-0.1, -0.05) is 18.1 Å². The highest BCUT2D eigenvalue weighted by atomic mass is 16.5. The number of alkyl carbamates (subject to hydrolysis) is 1. The number of carbonyl (C=O) groups excluding carboxylic acids is 1. The quantitative estimate of drug-likeness (QED) is 0.574. The van der Waals surface area contributed by atoms with Gasteiger partial charge in [0.2, 0.25) is 0 Å². The van der Waals surface area contributed by atoms with E-state index >= 15 is 0 Å². The number of amides is 1. The van der Waals surface area contributed by atoms with Crippen molar-refractivity contribution in [1.82, 2.24) is 25.3 Å². The van der Waals surface area contributed by atoms with Crippen LogP contribution in [0.3, 0.4) is 0 Å². The van der Waals surface area contributed by atoms with E-state index in [1.165, 1.54) is 12.8 Å². The molecule has 0 saturated heterocycles. The van der Waals surface area contributed by atoms with Crippen molar-refractivity contribution in [2.24, 2.45) is 24.8 Å². The van der Waals surface area contributed by atoms with E-state index in [9.17, 15) is 14.7 Å². The van der Waals surface area contributed by atoms with Crippen molar-refractivity contribution in [3.8, 4) is 17.1 Å². The summed E-state index contributed by atoms with van der Waals surface area (Å²) in [7, 11) is 1.76. The van der Waals surface area contributed by atoms with Crippen LogP contribution in [0.15, 0.2) is 12.1 Å². The Bertz CT molecular complexity index is 987. The maximum Gasteiger partial charge on any atom is 0.407 e. The van der Waals surface area contributed by atoms with Crippen molar-refractivity contribution in [1.29, 1.82) is 0 Å². The van der Waals surface area contributed by atoms with E-state index in [1.807, 2.05) is 13.0 Å². The molecule has 0 aromatic carbocycles. The number of ether oxygens (including phenoxy) is 2. The maximum atomic E-state index is 12.0. The molecule has 0 radical (unpaired) electrons. The first-order valence-electron chi connectivity index (χ1n) is 11.0.